The lowest BCUT2D eigenvalue weighted by Crippen LogP contribution is -2.48. The monoisotopic (exact) mass is 728 g/mol. The van der Waals surface area contributed by atoms with Crippen molar-refractivity contribution < 1.29 is 23.2 Å². The second-order valence-corrected chi connectivity index (χ2v) is 12.8. The summed E-state index contributed by atoms with van der Waals surface area (Å²) in [5.41, 5.74) is 6.38. The maximum atomic E-state index is 12.9. The number of carbonyl (C=O) groups is 2. The van der Waals surface area contributed by atoms with Crippen LogP contribution in [0.4, 0.5) is 11.4 Å². The minimum absolute atomic E-state index is 0.0552. The van der Waals surface area contributed by atoms with Crippen LogP contribution in [0.1, 0.15) is 31.8 Å². The van der Waals surface area contributed by atoms with Crippen molar-refractivity contribution in [3.63, 3.8) is 0 Å². The first-order chi connectivity index (χ1) is 25.8. The Morgan fingerprint density at radius 3 is 1.62 bits per heavy atom. The summed E-state index contributed by atoms with van der Waals surface area (Å²) in [7, 11) is 1.58. The number of halogens is 1. The van der Waals surface area contributed by atoms with Gasteiger partial charge in [-0.3, -0.25) is 19.6 Å². The average molecular weight is 729 g/mol. The molecule has 6 aromatic rings. The molecule has 0 spiro atoms. The molecule has 53 heavy (non-hydrogen) atoms. The van der Waals surface area contributed by atoms with Gasteiger partial charge in [-0.25, -0.2) is 0 Å². The second kappa shape index (κ2) is 15.4. The smallest absolute Gasteiger partial charge is 0.257 e. The van der Waals surface area contributed by atoms with E-state index in [0.29, 0.717) is 108 Å². The Hall–Kier alpha value is -6.57. The number of nitrogens with zero attached hydrogens (tertiary/aromatic N) is 8. The molecular weight excluding hydrogens is 696 g/mol. The molecule has 14 heteroatoms. The van der Waals surface area contributed by atoms with E-state index in [0.717, 1.165) is 11.4 Å². The molecular formula is C39H33ClN8O5. The third-order valence-electron chi connectivity index (χ3n) is 9.28. The zero-order valence-corrected chi connectivity index (χ0v) is 29.5. The first-order valence-electron chi connectivity index (χ1n) is 16.9. The van der Waals surface area contributed by atoms with E-state index in [1.807, 2.05) is 34.1 Å². The van der Waals surface area contributed by atoms with Crippen LogP contribution in [0.15, 0.2) is 94.4 Å². The van der Waals surface area contributed by atoms with E-state index in [1.165, 1.54) is 6.26 Å². The Labute approximate surface area is 309 Å². The first kappa shape index (κ1) is 34.9. The van der Waals surface area contributed by atoms with Crippen LogP contribution in [0.3, 0.4) is 0 Å². The molecule has 2 aliphatic heterocycles. The van der Waals surface area contributed by atoms with Crippen molar-refractivity contribution >= 4 is 57.0 Å². The summed E-state index contributed by atoms with van der Waals surface area (Å²) >= 11 is 6.09. The fraction of sp³-hybridized carbons (Fsp3) is 0.231. The molecule has 13 nitrogen and oxygen atoms in total. The fourth-order valence-corrected chi connectivity index (χ4v) is 6.76. The van der Waals surface area contributed by atoms with E-state index >= 15 is 0 Å². The fourth-order valence-electron chi connectivity index (χ4n) is 6.53. The Kier molecular flexibility index (Phi) is 10.1. The molecule has 4 aromatic heterocycles. The van der Waals surface area contributed by atoms with Gasteiger partial charge in [0.15, 0.2) is 11.2 Å². The molecule has 2 fully saturated rings. The lowest BCUT2D eigenvalue weighted by atomic mass is 10.1. The molecule has 0 unspecified atom stereocenters. The number of hydrogen-bond acceptors (Lipinski definition) is 11. The van der Waals surface area contributed by atoms with Crippen molar-refractivity contribution in [3.05, 3.63) is 113 Å². The molecule has 2 aliphatic rings. The molecule has 2 aromatic carbocycles. The van der Waals surface area contributed by atoms with Crippen LogP contribution < -0.4 is 14.5 Å². The summed E-state index contributed by atoms with van der Waals surface area (Å²) in [5, 5.41) is 18.8. The van der Waals surface area contributed by atoms with Gasteiger partial charge in [0.1, 0.15) is 16.8 Å². The number of fused-ring (bicyclic) bond motifs is 2. The van der Waals surface area contributed by atoms with E-state index in [1.54, 1.807) is 62.2 Å². The number of rotatable bonds is 5. The summed E-state index contributed by atoms with van der Waals surface area (Å²) in [4.78, 5) is 42.1. The number of furan rings is 2. The largest absolute Gasteiger partial charge is 0.497 e. The number of ether oxygens (including phenoxy) is 1. The minimum atomic E-state index is -0.0594. The van der Waals surface area contributed by atoms with Gasteiger partial charge in [-0.2, -0.15) is 10.5 Å². The number of piperazine rings is 2. The van der Waals surface area contributed by atoms with E-state index in [4.69, 9.17) is 30.4 Å². The Morgan fingerprint density at radius 1 is 0.679 bits per heavy atom. The van der Waals surface area contributed by atoms with Gasteiger partial charge in [0.2, 0.25) is 0 Å². The molecule has 0 saturated carbocycles. The standard InChI is InChI=1S/C20H18N4O3.C19H15ClN4O2/c1-26-16-11-14(13-21)10-15(12-16)23-5-7-24(8-6-23)20(25)17-2-4-22-18-3-9-27-19(17)18;20-14-9-13(12-21)10-15(11-14)23-4-6-24(7-5-23)19(25)16-1-3-22-17-2-8-26-18(16)17/h2-4,9-12H,5-8H2,1H3;1-3,8-11H,4-7H2. The number of amides is 2. The van der Waals surface area contributed by atoms with Gasteiger partial charge in [0.05, 0.1) is 54.0 Å². The Morgan fingerprint density at radius 2 is 1.15 bits per heavy atom. The summed E-state index contributed by atoms with van der Waals surface area (Å²) in [5.74, 6) is 0.538. The third-order valence-corrected chi connectivity index (χ3v) is 9.50. The molecule has 0 aliphatic carbocycles. The van der Waals surface area contributed by atoms with Gasteiger partial charge in [-0.1, -0.05) is 11.6 Å². The van der Waals surface area contributed by atoms with Crippen molar-refractivity contribution in [1.29, 1.82) is 10.5 Å². The van der Waals surface area contributed by atoms with Crippen molar-refractivity contribution in [2.75, 3.05) is 69.3 Å². The molecule has 0 atom stereocenters. The number of nitriles is 2. The van der Waals surface area contributed by atoms with Crippen molar-refractivity contribution in [1.82, 2.24) is 19.8 Å². The predicted molar refractivity (Wildman–Crippen MR) is 198 cm³/mol. The second-order valence-electron chi connectivity index (χ2n) is 12.4. The molecule has 2 amide bonds. The highest BCUT2D eigenvalue weighted by Crippen LogP contribution is 2.27. The van der Waals surface area contributed by atoms with E-state index in [2.05, 4.69) is 31.9 Å². The van der Waals surface area contributed by atoms with Crippen LogP contribution in [-0.4, -0.2) is 91.0 Å². The molecule has 0 N–H and O–H groups in total. The van der Waals surface area contributed by atoms with Gasteiger partial charge in [-0.15, -0.1) is 0 Å². The predicted octanol–water partition coefficient (Wildman–Crippen LogP) is 5.99. The highest BCUT2D eigenvalue weighted by molar-refractivity contribution is 6.31. The van der Waals surface area contributed by atoms with Crippen LogP contribution in [0, 0.1) is 22.7 Å². The summed E-state index contributed by atoms with van der Waals surface area (Å²) in [6.07, 6.45) is 6.33. The third kappa shape index (κ3) is 7.42. The summed E-state index contributed by atoms with van der Waals surface area (Å²) in [6, 6.07) is 21.9. The topological polar surface area (TPSA) is 156 Å². The number of carbonyl (C=O) groups excluding carboxylic acids is 2. The van der Waals surface area contributed by atoms with E-state index in [-0.39, 0.29) is 11.8 Å². The van der Waals surface area contributed by atoms with Gasteiger partial charge < -0.3 is 33.2 Å². The molecule has 266 valence electrons. The number of pyridine rings is 2. The number of benzene rings is 2. The number of anilines is 2. The van der Waals surface area contributed by atoms with Crippen molar-refractivity contribution in [2.45, 2.75) is 0 Å². The van der Waals surface area contributed by atoms with Crippen LogP contribution in [-0.2, 0) is 0 Å². The van der Waals surface area contributed by atoms with Crippen molar-refractivity contribution in [2.24, 2.45) is 0 Å². The summed E-state index contributed by atoms with van der Waals surface area (Å²) in [6.45, 7) is 5.03. The van der Waals surface area contributed by atoms with Gasteiger partial charge in [-0.05, 0) is 42.5 Å². The van der Waals surface area contributed by atoms with Crippen LogP contribution >= 0.6 is 11.6 Å². The van der Waals surface area contributed by atoms with E-state index in [9.17, 15) is 14.9 Å². The molecule has 0 radical (unpaired) electrons. The lowest BCUT2D eigenvalue weighted by Gasteiger charge is -2.36. The minimum Gasteiger partial charge on any atom is -0.497 e. The first-order valence-corrected chi connectivity index (χ1v) is 17.3. The van der Waals surface area contributed by atoms with Gasteiger partial charge >= 0.3 is 0 Å². The zero-order chi connectivity index (χ0) is 36.9. The molecule has 8 rings (SSSR count). The van der Waals surface area contributed by atoms with Crippen LogP contribution in [0.2, 0.25) is 5.02 Å². The average Bonchev–Trinajstić information content (AvgIpc) is 3.91. The maximum Gasteiger partial charge on any atom is 0.257 e. The zero-order valence-electron chi connectivity index (χ0n) is 28.7. The molecule has 6 heterocycles. The van der Waals surface area contributed by atoms with E-state index < -0.39 is 0 Å². The van der Waals surface area contributed by atoms with Crippen LogP contribution in [0.25, 0.3) is 22.2 Å². The van der Waals surface area contributed by atoms with Crippen LogP contribution in [0.5, 0.6) is 5.75 Å². The quantitative estimate of drug-likeness (QED) is 0.206. The van der Waals surface area contributed by atoms with Gasteiger partial charge in [0.25, 0.3) is 11.8 Å². The Bertz CT molecular complexity index is 2380. The molecule has 2 saturated heterocycles. The number of hydrogen-bond donors (Lipinski definition) is 0. The molecule has 0 bridgehead atoms. The lowest BCUT2D eigenvalue weighted by molar-refractivity contribution is 0.0740. The maximum absolute atomic E-state index is 12.9. The number of methoxy groups -OCH3 is 1. The number of aromatic nitrogens is 2. The van der Waals surface area contributed by atoms with Gasteiger partial charge in [0, 0.05) is 99.3 Å². The van der Waals surface area contributed by atoms with Crippen molar-refractivity contribution in [3.8, 4) is 17.9 Å². The Balaban J connectivity index is 0.000000164. The SMILES string of the molecule is COc1cc(C#N)cc(N2CCN(C(=O)c3ccnc4ccoc34)CC2)c1.N#Cc1cc(Cl)cc(N2CCN(C(=O)c3ccnc4ccoc34)CC2)c1. The highest BCUT2D eigenvalue weighted by Gasteiger charge is 2.26. The summed E-state index contributed by atoms with van der Waals surface area (Å²) < 4.78 is 16.1. The highest BCUT2D eigenvalue weighted by atomic mass is 35.5. The normalized spacial score (nSPS) is 14.3.